The van der Waals surface area contributed by atoms with Crippen molar-refractivity contribution in [3.8, 4) is 0 Å². The lowest BCUT2D eigenvalue weighted by Gasteiger charge is -2.38. The maximum Gasteiger partial charge on any atom is 0.321 e. The van der Waals surface area contributed by atoms with Crippen LogP contribution in [0.4, 0.5) is 0 Å². The molecule has 0 heterocycles. The summed E-state index contributed by atoms with van der Waals surface area (Å²) in [5, 5.41) is 0. The lowest BCUT2D eigenvalue weighted by atomic mass is 9.88. The Morgan fingerprint density at radius 1 is 1.20 bits per heavy atom. The quantitative estimate of drug-likeness (QED) is 0.680. The predicted octanol–water partition coefficient (Wildman–Crippen LogP) is 3.39. The number of methoxy groups -OCH3 is 1. The van der Waals surface area contributed by atoms with Crippen LogP contribution in [0.5, 0.6) is 0 Å². The highest BCUT2D eigenvalue weighted by Crippen LogP contribution is 2.46. The van der Waals surface area contributed by atoms with Crippen molar-refractivity contribution in [2.75, 3.05) is 7.11 Å². The van der Waals surface area contributed by atoms with E-state index < -0.39 is 0 Å². The molecule has 88 valence electrons. The zero-order chi connectivity index (χ0) is 11.5. The fourth-order valence-corrected chi connectivity index (χ4v) is 4.07. The average molecular weight is 230 g/mol. The number of ether oxygens (including phenoxy) is 1. The van der Waals surface area contributed by atoms with Crippen molar-refractivity contribution in [1.29, 1.82) is 0 Å². The van der Waals surface area contributed by atoms with Crippen LogP contribution < -0.4 is 0 Å². The topological polar surface area (TPSA) is 26.3 Å². The van der Waals surface area contributed by atoms with E-state index in [1.807, 2.05) is 0 Å². The summed E-state index contributed by atoms with van der Waals surface area (Å²) in [5.41, 5.74) is 0. The number of rotatable bonds is 2. The molecular weight excluding hydrogens is 208 g/mol. The fourth-order valence-electron chi connectivity index (χ4n) is 2.24. The molecule has 1 rings (SSSR count). The second-order valence-corrected chi connectivity index (χ2v) is 7.47. The summed E-state index contributed by atoms with van der Waals surface area (Å²) >= 11 is 1.78. The van der Waals surface area contributed by atoms with Crippen molar-refractivity contribution < 1.29 is 9.53 Å². The van der Waals surface area contributed by atoms with Crippen LogP contribution in [-0.4, -0.2) is 22.6 Å². The molecule has 0 saturated heterocycles. The first-order chi connectivity index (χ1) is 6.90. The van der Waals surface area contributed by atoms with E-state index in [0.717, 1.165) is 25.7 Å². The second-order valence-electron chi connectivity index (χ2n) is 5.26. The third-order valence-electron chi connectivity index (χ3n) is 2.72. The number of esters is 1. The Bertz CT molecular complexity index is 224. The Morgan fingerprint density at radius 3 is 2.13 bits per heavy atom. The smallest absolute Gasteiger partial charge is 0.321 e. The fraction of sp³-hybridized carbons (Fsp3) is 0.917. The van der Waals surface area contributed by atoms with Gasteiger partial charge in [0.15, 0.2) is 0 Å². The summed E-state index contributed by atoms with van der Waals surface area (Å²) in [5.74, 6) is -0.0258. The maximum atomic E-state index is 11.9. The maximum absolute atomic E-state index is 11.9. The van der Waals surface area contributed by atoms with Gasteiger partial charge in [-0.2, -0.15) is 0 Å². The molecule has 0 N–H and O–H groups in total. The average Bonchev–Trinajstić information content (AvgIpc) is 2.15. The van der Waals surface area contributed by atoms with Crippen LogP contribution in [0.3, 0.4) is 0 Å². The molecule has 0 amide bonds. The molecule has 3 heteroatoms. The predicted molar refractivity (Wildman–Crippen MR) is 65.2 cm³/mol. The number of thioether (sulfide) groups is 1. The van der Waals surface area contributed by atoms with Crippen molar-refractivity contribution >= 4 is 17.7 Å². The lowest BCUT2D eigenvalue weighted by Crippen LogP contribution is -2.41. The summed E-state index contributed by atoms with van der Waals surface area (Å²) < 4.78 is 4.82. The standard InChI is InChI=1S/C12H22O2S/c1-11(2,3)15-12(10(13)14-4)8-6-5-7-9-12/h5-9H2,1-4H3. The molecular formula is C12H22O2S. The van der Waals surface area contributed by atoms with E-state index in [0.29, 0.717) is 0 Å². The van der Waals surface area contributed by atoms with Gasteiger partial charge in [0.25, 0.3) is 0 Å². The molecule has 0 radical (unpaired) electrons. The molecule has 0 atom stereocenters. The van der Waals surface area contributed by atoms with Gasteiger partial charge < -0.3 is 4.74 Å². The zero-order valence-corrected chi connectivity index (χ0v) is 11.1. The molecule has 2 nitrogen and oxygen atoms in total. The molecule has 0 bridgehead atoms. The lowest BCUT2D eigenvalue weighted by molar-refractivity contribution is -0.144. The molecule has 1 aliphatic rings. The molecule has 1 saturated carbocycles. The zero-order valence-electron chi connectivity index (χ0n) is 10.3. The molecule has 1 aliphatic carbocycles. The highest BCUT2D eigenvalue weighted by Gasteiger charge is 2.43. The summed E-state index contributed by atoms with van der Waals surface area (Å²) in [7, 11) is 1.50. The number of carbonyl (C=O) groups is 1. The molecule has 0 aromatic rings. The van der Waals surface area contributed by atoms with E-state index in [2.05, 4.69) is 20.8 Å². The van der Waals surface area contributed by atoms with Gasteiger partial charge in [-0.15, -0.1) is 11.8 Å². The summed E-state index contributed by atoms with van der Waals surface area (Å²) in [6.45, 7) is 6.49. The van der Waals surface area contributed by atoms with Crippen LogP contribution in [0.15, 0.2) is 0 Å². The molecule has 15 heavy (non-hydrogen) atoms. The highest BCUT2D eigenvalue weighted by molar-refractivity contribution is 8.02. The number of hydrogen-bond acceptors (Lipinski definition) is 3. The van der Waals surface area contributed by atoms with Gasteiger partial charge in [-0.05, 0) is 12.8 Å². The molecule has 0 aliphatic heterocycles. The minimum absolute atomic E-state index is 0.0258. The van der Waals surface area contributed by atoms with Crippen molar-refractivity contribution in [2.45, 2.75) is 62.4 Å². The Balaban J connectivity index is 2.80. The van der Waals surface area contributed by atoms with Crippen LogP contribution in [0, 0.1) is 0 Å². The molecule has 0 aromatic carbocycles. The Hall–Kier alpha value is -0.180. The Labute approximate surface area is 97.1 Å². The first-order valence-corrected chi connectivity index (χ1v) is 6.50. The van der Waals surface area contributed by atoms with E-state index >= 15 is 0 Å². The van der Waals surface area contributed by atoms with Crippen LogP contribution >= 0.6 is 11.8 Å². The van der Waals surface area contributed by atoms with E-state index in [9.17, 15) is 4.79 Å². The van der Waals surface area contributed by atoms with Crippen molar-refractivity contribution in [3.05, 3.63) is 0 Å². The Morgan fingerprint density at radius 2 is 1.73 bits per heavy atom. The molecule has 1 fully saturated rings. The van der Waals surface area contributed by atoms with Gasteiger partial charge in [0.1, 0.15) is 4.75 Å². The molecule has 0 spiro atoms. The number of carbonyl (C=O) groups excluding carboxylic acids is 1. The normalized spacial score (nSPS) is 21.1. The van der Waals surface area contributed by atoms with Gasteiger partial charge >= 0.3 is 5.97 Å². The summed E-state index contributed by atoms with van der Waals surface area (Å²) in [4.78, 5) is 11.9. The first-order valence-electron chi connectivity index (χ1n) is 5.68. The van der Waals surface area contributed by atoms with Crippen LogP contribution in [-0.2, 0) is 9.53 Å². The molecule has 0 unspecified atom stereocenters. The highest BCUT2D eigenvalue weighted by atomic mass is 32.2. The van der Waals surface area contributed by atoms with Gasteiger partial charge in [0.2, 0.25) is 0 Å². The molecule has 0 aromatic heterocycles. The Kier molecular flexibility index (Phi) is 4.10. The van der Waals surface area contributed by atoms with E-state index in [1.54, 1.807) is 11.8 Å². The number of hydrogen-bond donors (Lipinski definition) is 0. The minimum Gasteiger partial charge on any atom is -0.468 e. The van der Waals surface area contributed by atoms with E-state index in [4.69, 9.17) is 4.74 Å². The van der Waals surface area contributed by atoms with E-state index in [1.165, 1.54) is 13.5 Å². The van der Waals surface area contributed by atoms with E-state index in [-0.39, 0.29) is 15.5 Å². The van der Waals surface area contributed by atoms with Gasteiger partial charge in [-0.25, -0.2) is 0 Å². The van der Waals surface area contributed by atoms with Gasteiger partial charge in [0.05, 0.1) is 7.11 Å². The van der Waals surface area contributed by atoms with Gasteiger partial charge in [0, 0.05) is 4.75 Å². The summed E-state index contributed by atoms with van der Waals surface area (Å²) in [6, 6.07) is 0. The van der Waals surface area contributed by atoms with Crippen LogP contribution in [0.2, 0.25) is 0 Å². The van der Waals surface area contributed by atoms with Crippen molar-refractivity contribution in [3.63, 3.8) is 0 Å². The monoisotopic (exact) mass is 230 g/mol. The van der Waals surface area contributed by atoms with Gasteiger partial charge in [-0.1, -0.05) is 40.0 Å². The first kappa shape index (κ1) is 12.9. The van der Waals surface area contributed by atoms with Crippen LogP contribution in [0.25, 0.3) is 0 Å². The third-order valence-corrected chi connectivity index (χ3v) is 4.30. The SMILES string of the molecule is COC(=O)C1(SC(C)(C)C)CCCCC1. The second kappa shape index (κ2) is 4.77. The minimum atomic E-state index is -0.273. The van der Waals surface area contributed by atoms with Crippen molar-refractivity contribution in [1.82, 2.24) is 0 Å². The van der Waals surface area contributed by atoms with Crippen molar-refractivity contribution in [2.24, 2.45) is 0 Å². The van der Waals surface area contributed by atoms with Gasteiger partial charge in [-0.3, -0.25) is 4.79 Å². The van der Waals surface area contributed by atoms with Crippen LogP contribution in [0.1, 0.15) is 52.9 Å². The largest absolute Gasteiger partial charge is 0.468 e. The summed E-state index contributed by atoms with van der Waals surface area (Å²) in [6.07, 6.45) is 5.50. The third kappa shape index (κ3) is 3.40.